The van der Waals surface area contributed by atoms with E-state index in [0.717, 1.165) is 38.5 Å². The Morgan fingerprint density at radius 3 is 2.39 bits per heavy atom. The summed E-state index contributed by atoms with van der Waals surface area (Å²) < 4.78 is 0. The van der Waals surface area contributed by atoms with E-state index in [1.807, 2.05) is 6.08 Å². The van der Waals surface area contributed by atoms with Crippen molar-refractivity contribution in [2.45, 2.75) is 84.3 Å². The van der Waals surface area contributed by atoms with Gasteiger partial charge in [-0.1, -0.05) is 26.8 Å². The van der Waals surface area contributed by atoms with Gasteiger partial charge in [0.15, 0.2) is 0 Å². The highest BCUT2D eigenvalue weighted by atomic mass is 16.4. The topological polar surface area (TPSA) is 77.8 Å². The molecule has 4 aliphatic rings. The monoisotopic (exact) mass is 390 g/mol. The van der Waals surface area contributed by atoms with E-state index >= 15 is 0 Å². The summed E-state index contributed by atoms with van der Waals surface area (Å²) >= 11 is 0. The Kier molecular flexibility index (Phi) is 5.19. The summed E-state index contributed by atoms with van der Waals surface area (Å²) in [5.74, 6) is 1.82. The SMILES string of the molecule is CC(C=CC(=O)O)C1CCC2C3C(O)CC4CC(O)CCC4(C)C3CCC12C. The lowest BCUT2D eigenvalue weighted by Gasteiger charge is -2.62. The Balaban J connectivity index is 1.59. The summed E-state index contributed by atoms with van der Waals surface area (Å²) in [4.78, 5) is 11.0. The number of allylic oxidation sites excluding steroid dienone is 1. The second kappa shape index (κ2) is 7.12. The third kappa shape index (κ3) is 3.06. The fraction of sp³-hybridized carbons (Fsp3) is 0.875. The van der Waals surface area contributed by atoms with Crippen molar-refractivity contribution in [3.05, 3.63) is 12.2 Å². The quantitative estimate of drug-likeness (QED) is 0.630. The molecule has 4 fully saturated rings. The van der Waals surface area contributed by atoms with E-state index < -0.39 is 5.97 Å². The number of carboxylic acids is 1. The molecule has 0 aliphatic heterocycles. The molecular formula is C24H38O4. The molecule has 158 valence electrons. The first-order valence-corrected chi connectivity index (χ1v) is 11.4. The number of aliphatic hydroxyl groups excluding tert-OH is 2. The zero-order valence-electron chi connectivity index (χ0n) is 17.7. The van der Waals surface area contributed by atoms with Crippen LogP contribution in [-0.2, 0) is 4.79 Å². The maximum Gasteiger partial charge on any atom is 0.327 e. The highest BCUT2D eigenvalue weighted by molar-refractivity contribution is 5.79. The molecule has 4 aliphatic carbocycles. The minimum Gasteiger partial charge on any atom is -0.478 e. The first kappa shape index (κ1) is 20.4. The predicted octanol–water partition coefficient (Wildman–Crippen LogP) is 4.25. The molecule has 4 nitrogen and oxygen atoms in total. The fourth-order valence-corrected chi connectivity index (χ4v) is 8.47. The molecular weight excluding hydrogens is 352 g/mol. The van der Waals surface area contributed by atoms with Crippen LogP contribution in [0, 0.1) is 46.3 Å². The maximum atomic E-state index is 11.2. The molecule has 0 spiro atoms. The summed E-state index contributed by atoms with van der Waals surface area (Å²) in [6.07, 6.45) is 11.1. The number of carboxylic acid groups (broad SMARTS) is 1. The molecule has 4 heteroatoms. The van der Waals surface area contributed by atoms with Crippen LogP contribution >= 0.6 is 0 Å². The number of carbonyl (C=O) groups is 1. The molecule has 0 radical (unpaired) electrons. The average Bonchev–Trinajstić information content (AvgIpc) is 2.98. The van der Waals surface area contributed by atoms with Gasteiger partial charge in [-0.3, -0.25) is 0 Å². The van der Waals surface area contributed by atoms with Gasteiger partial charge in [-0.05, 0) is 97.7 Å². The van der Waals surface area contributed by atoms with Crippen molar-refractivity contribution in [1.82, 2.24) is 0 Å². The van der Waals surface area contributed by atoms with E-state index in [1.165, 1.54) is 18.9 Å². The lowest BCUT2D eigenvalue weighted by atomic mass is 9.43. The van der Waals surface area contributed by atoms with Gasteiger partial charge in [0.05, 0.1) is 12.2 Å². The van der Waals surface area contributed by atoms with Crippen LogP contribution in [0.15, 0.2) is 12.2 Å². The molecule has 3 N–H and O–H groups in total. The number of hydrogen-bond donors (Lipinski definition) is 3. The second-order valence-corrected chi connectivity index (χ2v) is 11.0. The van der Waals surface area contributed by atoms with Crippen LogP contribution in [0.2, 0.25) is 0 Å². The number of rotatable bonds is 3. The van der Waals surface area contributed by atoms with Crippen LogP contribution < -0.4 is 0 Å². The van der Waals surface area contributed by atoms with Crippen molar-refractivity contribution in [3.63, 3.8) is 0 Å². The summed E-state index contributed by atoms with van der Waals surface area (Å²) in [5, 5.41) is 30.4. The normalized spacial score (nSPS) is 52.0. The minimum atomic E-state index is -0.864. The molecule has 0 aromatic rings. The molecule has 0 aromatic heterocycles. The Labute approximate surface area is 169 Å². The molecule has 0 bridgehead atoms. The van der Waals surface area contributed by atoms with Crippen molar-refractivity contribution >= 4 is 5.97 Å². The van der Waals surface area contributed by atoms with Gasteiger partial charge in [0.25, 0.3) is 0 Å². The van der Waals surface area contributed by atoms with Crippen molar-refractivity contribution in [2.75, 3.05) is 0 Å². The number of aliphatic carboxylic acids is 1. The molecule has 4 saturated carbocycles. The first-order chi connectivity index (χ1) is 13.2. The predicted molar refractivity (Wildman–Crippen MR) is 109 cm³/mol. The third-order valence-corrected chi connectivity index (χ3v) is 9.91. The van der Waals surface area contributed by atoms with E-state index in [0.29, 0.717) is 29.6 Å². The van der Waals surface area contributed by atoms with Crippen molar-refractivity contribution in [2.24, 2.45) is 46.3 Å². The van der Waals surface area contributed by atoms with Gasteiger partial charge in [-0.15, -0.1) is 0 Å². The van der Waals surface area contributed by atoms with Gasteiger partial charge in [-0.25, -0.2) is 4.79 Å². The number of fused-ring (bicyclic) bond motifs is 5. The summed E-state index contributed by atoms with van der Waals surface area (Å²) in [6.45, 7) is 7.03. The number of aliphatic hydroxyl groups is 2. The van der Waals surface area contributed by atoms with E-state index in [4.69, 9.17) is 5.11 Å². The summed E-state index contributed by atoms with van der Waals surface area (Å²) in [5.41, 5.74) is 0.457. The van der Waals surface area contributed by atoms with E-state index in [1.54, 1.807) is 0 Å². The smallest absolute Gasteiger partial charge is 0.327 e. The Morgan fingerprint density at radius 2 is 1.68 bits per heavy atom. The molecule has 4 rings (SSSR count). The van der Waals surface area contributed by atoms with Crippen LogP contribution in [0.4, 0.5) is 0 Å². The highest BCUT2D eigenvalue weighted by Crippen LogP contribution is 2.68. The lowest BCUT2D eigenvalue weighted by molar-refractivity contribution is -0.173. The van der Waals surface area contributed by atoms with Gasteiger partial charge in [0, 0.05) is 6.08 Å². The van der Waals surface area contributed by atoms with Crippen molar-refractivity contribution in [1.29, 1.82) is 0 Å². The van der Waals surface area contributed by atoms with E-state index in [-0.39, 0.29) is 29.0 Å². The van der Waals surface area contributed by atoms with Gasteiger partial charge in [0.1, 0.15) is 0 Å². The Bertz CT molecular complexity index is 645. The van der Waals surface area contributed by atoms with Gasteiger partial charge in [0.2, 0.25) is 0 Å². The molecule has 0 amide bonds. The fourth-order valence-electron chi connectivity index (χ4n) is 8.47. The molecule has 0 heterocycles. The maximum absolute atomic E-state index is 11.2. The molecule has 28 heavy (non-hydrogen) atoms. The Morgan fingerprint density at radius 1 is 1.00 bits per heavy atom. The van der Waals surface area contributed by atoms with Gasteiger partial charge >= 0.3 is 5.97 Å². The van der Waals surface area contributed by atoms with Crippen molar-refractivity contribution < 1.29 is 20.1 Å². The molecule has 10 atom stereocenters. The number of hydrogen-bond acceptors (Lipinski definition) is 3. The second-order valence-electron chi connectivity index (χ2n) is 11.0. The third-order valence-electron chi connectivity index (χ3n) is 9.91. The first-order valence-electron chi connectivity index (χ1n) is 11.4. The van der Waals surface area contributed by atoms with Crippen LogP contribution in [0.3, 0.4) is 0 Å². The largest absolute Gasteiger partial charge is 0.478 e. The van der Waals surface area contributed by atoms with Crippen molar-refractivity contribution in [3.8, 4) is 0 Å². The van der Waals surface area contributed by atoms with Gasteiger partial charge in [-0.2, -0.15) is 0 Å². The van der Waals surface area contributed by atoms with E-state index in [2.05, 4.69) is 20.8 Å². The van der Waals surface area contributed by atoms with Crippen LogP contribution in [0.25, 0.3) is 0 Å². The molecule has 10 unspecified atom stereocenters. The standard InChI is InChI=1S/C24H38O4/c1-14(4-7-21(27)28)17-5-6-18-22-19(9-11-24(17,18)3)23(2)10-8-16(25)12-15(23)13-20(22)26/h4,7,14-20,22,25-26H,5-6,8-13H2,1-3H3,(H,27,28). The highest BCUT2D eigenvalue weighted by Gasteiger charge is 2.62. The Hall–Kier alpha value is -0.870. The minimum absolute atomic E-state index is 0.187. The van der Waals surface area contributed by atoms with Crippen LogP contribution in [0.1, 0.15) is 72.1 Å². The molecule has 0 saturated heterocycles. The zero-order chi connectivity index (χ0) is 20.3. The van der Waals surface area contributed by atoms with Crippen LogP contribution in [0.5, 0.6) is 0 Å². The zero-order valence-corrected chi connectivity index (χ0v) is 17.7. The summed E-state index contributed by atoms with van der Waals surface area (Å²) in [6, 6.07) is 0. The average molecular weight is 391 g/mol. The lowest BCUT2D eigenvalue weighted by Crippen LogP contribution is -2.58. The van der Waals surface area contributed by atoms with Crippen LogP contribution in [-0.4, -0.2) is 33.5 Å². The molecule has 0 aromatic carbocycles. The van der Waals surface area contributed by atoms with Gasteiger partial charge < -0.3 is 15.3 Å². The summed E-state index contributed by atoms with van der Waals surface area (Å²) in [7, 11) is 0. The van der Waals surface area contributed by atoms with E-state index in [9.17, 15) is 15.0 Å².